The molecule has 1 aliphatic heterocycles. The third-order valence-electron chi connectivity index (χ3n) is 5.09. The van der Waals surface area contributed by atoms with Gasteiger partial charge in [-0.1, -0.05) is 6.07 Å². The van der Waals surface area contributed by atoms with Crippen LogP contribution in [-0.4, -0.2) is 82.2 Å². The number of nitrogens with one attached hydrogen (secondary N) is 2. The van der Waals surface area contributed by atoms with Crippen molar-refractivity contribution >= 4 is 29.9 Å². The molecule has 1 aromatic rings. The van der Waals surface area contributed by atoms with Crippen molar-refractivity contribution in [1.29, 1.82) is 0 Å². The summed E-state index contributed by atoms with van der Waals surface area (Å²) in [5.74, 6) is 2.12. The smallest absolute Gasteiger partial charge is 0.191 e. The first-order valence-electron chi connectivity index (χ1n) is 10.9. The maximum atomic E-state index is 8.93. The fourth-order valence-electron chi connectivity index (χ4n) is 3.50. The Balaban J connectivity index is 0.00000480. The molecule has 1 saturated heterocycles. The van der Waals surface area contributed by atoms with Crippen molar-refractivity contribution in [2.24, 2.45) is 4.99 Å². The highest BCUT2D eigenvalue weighted by atomic mass is 127. The highest BCUT2D eigenvalue weighted by Crippen LogP contribution is 2.28. The number of rotatable bonds is 12. The van der Waals surface area contributed by atoms with E-state index in [-0.39, 0.29) is 37.2 Å². The van der Waals surface area contributed by atoms with Gasteiger partial charge in [0.1, 0.15) is 6.61 Å². The molecule has 1 heterocycles. The van der Waals surface area contributed by atoms with Crippen molar-refractivity contribution in [2.75, 3.05) is 60.2 Å². The van der Waals surface area contributed by atoms with Gasteiger partial charge >= 0.3 is 0 Å². The Morgan fingerprint density at radius 1 is 1.19 bits per heavy atom. The molecule has 1 aliphatic rings. The minimum atomic E-state index is -0.0288. The number of aliphatic imine (C=N–C) groups is 1. The van der Waals surface area contributed by atoms with Gasteiger partial charge in [0.25, 0.3) is 0 Å². The van der Waals surface area contributed by atoms with Crippen LogP contribution in [0.5, 0.6) is 11.5 Å². The first-order valence-corrected chi connectivity index (χ1v) is 10.9. The molecule has 0 aromatic heterocycles. The minimum Gasteiger partial charge on any atom is -0.493 e. The van der Waals surface area contributed by atoms with Gasteiger partial charge in [0.2, 0.25) is 0 Å². The predicted octanol–water partition coefficient (Wildman–Crippen LogP) is 2.24. The molecule has 0 amide bonds. The second-order valence-electron chi connectivity index (χ2n) is 7.36. The largest absolute Gasteiger partial charge is 0.493 e. The van der Waals surface area contributed by atoms with Crippen molar-refractivity contribution in [1.82, 2.24) is 15.5 Å². The summed E-state index contributed by atoms with van der Waals surface area (Å²) in [6, 6.07) is 6.20. The molecule has 0 saturated carbocycles. The van der Waals surface area contributed by atoms with Gasteiger partial charge in [0.05, 0.1) is 20.3 Å². The second-order valence-corrected chi connectivity index (χ2v) is 7.36. The Morgan fingerprint density at radius 3 is 2.61 bits per heavy atom. The molecule has 0 aliphatic carbocycles. The van der Waals surface area contributed by atoms with Crippen LogP contribution in [0.25, 0.3) is 0 Å². The zero-order chi connectivity index (χ0) is 21.6. The number of piperidine rings is 1. The van der Waals surface area contributed by atoms with Gasteiger partial charge in [-0.25, -0.2) is 4.99 Å². The van der Waals surface area contributed by atoms with E-state index in [1.807, 2.05) is 18.2 Å². The monoisotopic (exact) mass is 550 g/mol. The van der Waals surface area contributed by atoms with Crippen LogP contribution in [0.15, 0.2) is 23.2 Å². The lowest BCUT2D eigenvalue weighted by Crippen LogP contribution is -2.48. The quantitative estimate of drug-likeness (QED) is 0.159. The zero-order valence-electron chi connectivity index (χ0n) is 19.1. The van der Waals surface area contributed by atoms with E-state index < -0.39 is 0 Å². The predicted molar refractivity (Wildman–Crippen MR) is 135 cm³/mol. The molecule has 178 valence electrons. The van der Waals surface area contributed by atoms with Crippen LogP contribution < -0.4 is 20.1 Å². The summed E-state index contributed by atoms with van der Waals surface area (Å²) in [4.78, 5) is 7.26. The summed E-state index contributed by atoms with van der Waals surface area (Å²) in [6.45, 7) is 7.79. The number of halogens is 1. The summed E-state index contributed by atoms with van der Waals surface area (Å²) in [5, 5.41) is 15.9. The van der Waals surface area contributed by atoms with Crippen molar-refractivity contribution in [3.8, 4) is 11.5 Å². The van der Waals surface area contributed by atoms with Gasteiger partial charge in [-0.2, -0.15) is 0 Å². The highest BCUT2D eigenvalue weighted by molar-refractivity contribution is 14.0. The van der Waals surface area contributed by atoms with Crippen LogP contribution in [-0.2, 0) is 11.3 Å². The van der Waals surface area contributed by atoms with E-state index in [9.17, 15) is 0 Å². The average Bonchev–Trinajstić information content (AvgIpc) is 2.77. The number of likely N-dealkylation sites (tertiary alicyclic amines) is 1. The number of aliphatic hydroxyl groups is 1. The van der Waals surface area contributed by atoms with Crippen LogP contribution in [0.2, 0.25) is 0 Å². The van der Waals surface area contributed by atoms with Crippen LogP contribution in [0.1, 0.15) is 31.7 Å². The summed E-state index contributed by atoms with van der Waals surface area (Å²) in [6.07, 6.45) is 3.32. The summed E-state index contributed by atoms with van der Waals surface area (Å²) in [7, 11) is 3.37. The molecule has 8 nitrogen and oxygen atoms in total. The number of guanidine groups is 1. The molecule has 0 radical (unpaired) electrons. The van der Waals surface area contributed by atoms with Crippen LogP contribution >= 0.6 is 24.0 Å². The van der Waals surface area contributed by atoms with Crippen LogP contribution in [0.3, 0.4) is 0 Å². The molecule has 2 rings (SSSR count). The number of nitrogens with zero attached hydrogens (tertiary/aromatic N) is 2. The molecule has 0 atom stereocenters. The van der Waals surface area contributed by atoms with E-state index in [1.165, 1.54) is 0 Å². The van der Waals surface area contributed by atoms with Gasteiger partial charge in [-0.05, 0) is 43.9 Å². The molecule has 9 heteroatoms. The first-order chi connectivity index (χ1) is 14.7. The minimum absolute atomic E-state index is 0. The summed E-state index contributed by atoms with van der Waals surface area (Å²) < 4.78 is 16.0. The lowest BCUT2D eigenvalue weighted by atomic mass is 10.1. The van der Waals surface area contributed by atoms with Crippen molar-refractivity contribution in [3.63, 3.8) is 0 Å². The number of benzene rings is 1. The molecule has 0 bridgehead atoms. The lowest BCUT2D eigenvalue weighted by Gasteiger charge is -2.33. The SMILES string of the molecule is CCNC(=NCc1ccc(OCCO)c(OC)c1)NC1CCN(CCCOC)CC1.I. The lowest BCUT2D eigenvalue weighted by molar-refractivity contribution is 0.155. The van der Waals surface area contributed by atoms with Gasteiger partial charge in [-0.15, -0.1) is 24.0 Å². The maximum absolute atomic E-state index is 8.93. The Labute approximate surface area is 203 Å². The Morgan fingerprint density at radius 2 is 1.97 bits per heavy atom. The molecule has 31 heavy (non-hydrogen) atoms. The third kappa shape index (κ3) is 10.2. The van der Waals surface area contributed by atoms with Crippen molar-refractivity contribution in [2.45, 2.75) is 38.8 Å². The number of methoxy groups -OCH3 is 2. The van der Waals surface area contributed by atoms with Crippen LogP contribution in [0, 0.1) is 0 Å². The standard InChI is InChI=1S/C22H38N4O4.HI/c1-4-23-22(25-19-8-11-26(12-9-19)10-5-14-28-2)24-17-18-6-7-20(30-15-13-27)21(16-18)29-3;/h6-7,16,19,27H,4-5,8-15,17H2,1-3H3,(H2,23,24,25);1H. The number of ether oxygens (including phenoxy) is 3. The second kappa shape index (κ2) is 16.3. The molecular formula is C22H39IN4O4. The average molecular weight is 550 g/mol. The Bertz CT molecular complexity index is 640. The molecular weight excluding hydrogens is 511 g/mol. The fourth-order valence-corrected chi connectivity index (χ4v) is 3.50. The van der Waals surface area contributed by atoms with Crippen molar-refractivity contribution < 1.29 is 19.3 Å². The molecule has 0 spiro atoms. The Kier molecular flexibility index (Phi) is 14.6. The van der Waals surface area contributed by atoms with E-state index in [0.717, 1.165) is 63.6 Å². The summed E-state index contributed by atoms with van der Waals surface area (Å²) in [5.41, 5.74) is 1.04. The number of hydrogen-bond donors (Lipinski definition) is 3. The van der Waals surface area contributed by atoms with Crippen LogP contribution in [0.4, 0.5) is 0 Å². The molecule has 1 fully saturated rings. The van der Waals surface area contributed by atoms with Gasteiger partial charge in [0.15, 0.2) is 17.5 Å². The number of hydrogen-bond acceptors (Lipinski definition) is 6. The maximum Gasteiger partial charge on any atom is 0.191 e. The Hall–Kier alpha value is -1.30. The van der Waals surface area contributed by atoms with E-state index >= 15 is 0 Å². The van der Waals surface area contributed by atoms with E-state index in [2.05, 4.69) is 22.5 Å². The van der Waals surface area contributed by atoms with Gasteiger partial charge in [0, 0.05) is 45.9 Å². The van der Waals surface area contributed by atoms with E-state index in [1.54, 1.807) is 14.2 Å². The molecule has 0 unspecified atom stereocenters. The van der Waals surface area contributed by atoms with Gasteiger partial charge in [-0.3, -0.25) is 0 Å². The third-order valence-corrected chi connectivity index (χ3v) is 5.09. The fraction of sp³-hybridized carbons (Fsp3) is 0.682. The van der Waals surface area contributed by atoms with Gasteiger partial charge < -0.3 is 34.9 Å². The summed E-state index contributed by atoms with van der Waals surface area (Å²) >= 11 is 0. The van der Waals surface area contributed by atoms with E-state index in [4.69, 9.17) is 24.3 Å². The van der Waals surface area contributed by atoms with Crippen molar-refractivity contribution in [3.05, 3.63) is 23.8 Å². The topological polar surface area (TPSA) is 87.6 Å². The normalized spacial score (nSPS) is 15.3. The zero-order valence-corrected chi connectivity index (χ0v) is 21.4. The molecule has 3 N–H and O–H groups in total. The highest BCUT2D eigenvalue weighted by Gasteiger charge is 2.19. The van der Waals surface area contributed by atoms with E-state index in [0.29, 0.717) is 24.1 Å². The first kappa shape index (κ1) is 27.7. The number of aliphatic hydroxyl groups excluding tert-OH is 1. The molecule has 1 aromatic carbocycles.